The molecule has 1 atom stereocenters. The van der Waals surface area contributed by atoms with Crippen LogP contribution in [0.15, 0.2) is 18.3 Å². The van der Waals surface area contributed by atoms with Crippen molar-refractivity contribution in [3.05, 3.63) is 29.6 Å². The molecule has 1 aromatic rings. The minimum atomic E-state index is -4.57. The number of aliphatic hydroxyl groups excluding tert-OH is 1. The Morgan fingerprint density at radius 1 is 1.50 bits per heavy atom. The zero-order valence-electron chi connectivity index (χ0n) is 8.75. The zero-order chi connectivity index (χ0) is 12.2. The van der Waals surface area contributed by atoms with E-state index in [4.69, 9.17) is 5.11 Å². The van der Waals surface area contributed by atoms with Crippen LogP contribution in [0, 0.1) is 6.92 Å². The second-order valence-electron chi connectivity index (χ2n) is 3.44. The molecule has 90 valence electrons. The van der Waals surface area contributed by atoms with Gasteiger partial charge in [0.15, 0.2) is 6.10 Å². The Hall–Kier alpha value is -1.14. The van der Waals surface area contributed by atoms with E-state index in [0.29, 0.717) is 0 Å². The van der Waals surface area contributed by atoms with E-state index in [1.54, 1.807) is 25.3 Å². The van der Waals surface area contributed by atoms with Crippen LogP contribution in [0.3, 0.4) is 0 Å². The third-order valence-electron chi connectivity index (χ3n) is 2.15. The van der Waals surface area contributed by atoms with Crippen LogP contribution in [0.25, 0.3) is 0 Å². The van der Waals surface area contributed by atoms with E-state index in [2.05, 4.69) is 10.3 Å². The number of aromatic nitrogens is 1. The van der Waals surface area contributed by atoms with Crippen molar-refractivity contribution >= 4 is 0 Å². The highest BCUT2D eigenvalue weighted by Gasteiger charge is 2.37. The number of nitrogens with one attached hydrogen (secondary N) is 1. The molecule has 6 heteroatoms. The lowest BCUT2D eigenvalue weighted by Gasteiger charge is -2.15. The van der Waals surface area contributed by atoms with Crippen LogP contribution in [-0.4, -0.2) is 28.9 Å². The van der Waals surface area contributed by atoms with E-state index < -0.39 is 18.8 Å². The molecular formula is C10H13F3N2O. The summed E-state index contributed by atoms with van der Waals surface area (Å²) in [6, 6.07) is 3.49. The fourth-order valence-corrected chi connectivity index (χ4v) is 1.16. The van der Waals surface area contributed by atoms with Crippen LogP contribution in [0.2, 0.25) is 0 Å². The monoisotopic (exact) mass is 234 g/mol. The Bertz CT molecular complexity index is 341. The van der Waals surface area contributed by atoms with Crippen LogP contribution in [0.1, 0.15) is 11.3 Å². The summed E-state index contributed by atoms with van der Waals surface area (Å²) in [6.07, 6.45) is -5.29. The molecule has 0 fully saturated rings. The van der Waals surface area contributed by atoms with Gasteiger partial charge in [-0.05, 0) is 18.6 Å². The Morgan fingerprint density at radius 2 is 2.19 bits per heavy atom. The molecule has 1 rings (SSSR count). The number of nitrogens with zero attached hydrogens (tertiary/aromatic N) is 1. The van der Waals surface area contributed by atoms with Crippen molar-refractivity contribution in [3.63, 3.8) is 0 Å². The molecule has 16 heavy (non-hydrogen) atoms. The topological polar surface area (TPSA) is 45.2 Å². The molecule has 1 aromatic heterocycles. The summed E-state index contributed by atoms with van der Waals surface area (Å²) in [6.45, 7) is 1.52. The lowest BCUT2D eigenvalue weighted by molar-refractivity contribution is -0.201. The quantitative estimate of drug-likeness (QED) is 0.827. The predicted molar refractivity (Wildman–Crippen MR) is 52.7 cm³/mol. The van der Waals surface area contributed by atoms with Crippen molar-refractivity contribution in [1.29, 1.82) is 0 Å². The highest BCUT2D eigenvalue weighted by Crippen LogP contribution is 2.19. The van der Waals surface area contributed by atoms with E-state index in [-0.39, 0.29) is 6.54 Å². The normalized spacial score (nSPS) is 13.8. The van der Waals surface area contributed by atoms with Crippen LogP contribution < -0.4 is 5.32 Å². The van der Waals surface area contributed by atoms with Gasteiger partial charge in [0, 0.05) is 25.0 Å². The number of hydrogen-bond donors (Lipinski definition) is 2. The van der Waals surface area contributed by atoms with Crippen molar-refractivity contribution in [2.75, 3.05) is 6.54 Å². The zero-order valence-corrected chi connectivity index (χ0v) is 8.75. The maximum atomic E-state index is 12.0. The average molecular weight is 234 g/mol. The molecule has 1 heterocycles. The standard InChI is InChI=1S/C10H13F3N2O/c1-7-8(3-2-4-15-7)5-14-6-9(16)10(11,12)13/h2-4,9,14,16H,5-6H2,1H3. The molecule has 0 amide bonds. The number of aryl methyl sites for hydroxylation is 1. The lowest BCUT2D eigenvalue weighted by atomic mass is 10.2. The second-order valence-corrected chi connectivity index (χ2v) is 3.44. The van der Waals surface area contributed by atoms with Gasteiger partial charge >= 0.3 is 6.18 Å². The summed E-state index contributed by atoms with van der Waals surface area (Å²) in [7, 11) is 0. The molecule has 0 spiro atoms. The molecule has 0 aromatic carbocycles. The molecular weight excluding hydrogens is 221 g/mol. The Morgan fingerprint density at radius 3 is 2.75 bits per heavy atom. The Labute approximate surface area is 91.3 Å². The molecule has 0 radical (unpaired) electrons. The van der Waals surface area contributed by atoms with Crippen LogP contribution >= 0.6 is 0 Å². The maximum absolute atomic E-state index is 12.0. The van der Waals surface area contributed by atoms with Crippen molar-refractivity contribution < 1.29 is 18.3 Å². The number of rotatable bonds is 4. The third-order valence-corrected chi connectivity index (χ3v) is 2.15. The van der Waals surface area contributed by atoms with E-state index >= 15 is 0 Å². The minimum Gasteiger partial charge on any atom is -0.382 e. The van der Waals surface area contributed by atoms with E-state index in [9.17, 15) is 13.2 Å². The Kier molecular flexibility index (Phi) is 4.26. The number of hydrogen-bond acceptors (Lipinski definition) is 3. The molecule has 0 aliphatic heterocycles. The van der Waals surface area contributed by atoms with Gasteiger partial charge < -0.3 is 10.4 Å². The first-order valence-electron chi connectivity index (χ1n) is 4.77. The maximum Gasteiger partial charge on any atom is 0.415 e. The first-order chi connectivity index (χ1) is 7.41. The van der Waals surface area contributed by atoms with Gasteiger partial charge in [-0.25, -0.2) is 0 Å². The van der Waals surface area contributed by atoms with Gasteiger partial charge in [-0.3, -0.25) is 4.98 Å². The van der Waals surface area contributed by atoms with Gasteiger partial charge in [-0.1, -0.05) is 6.07 Å². The molecule has 3 nitrogen and oxygen atoms in total. The highest BCUT2D eigenvalue weighted by molar-refractivity contribution is 5.17. The first kappa shape index (κ1) is 12.9. The molecule has 0 saturated heterocycles. The first-order valence-corrected chi connectivity index (χ1v) is 4.77. The third kappa shape index (κ3) is 3.79. The van der Waals surface area contributed by atoms with Crippen LogP contribution in [0.4, 0.5) is 13.2 Å². The molecule has 0 saturated carbocycles. The molecule has 0 bridgehead atoms. The molecule has 1 unspecified atom stereocenters. The highest BCUT2D eigenvalue weighted by atomic mass is 19.4. The second kappa shape index (κ2) is 5.27. The summed E-state index contributed by atoms with van der Waals surface area (Å²) >= 11 is 0. The number of halogens is 3. The fourth-order valence-electron chi connectivity index (χ4n) is 1.16. The molecule has 0 aliphatic carbocycles. The van der Waals surface area contributed by atoms with Gasteiger partial charge in [0.1, 0.15) is 0 Å². The van der Waals surface area contributed by atoms with Gasteiger partial charge in [-0.15, -0.1) is 0 Å². The van der Waals surface area contributed by atoms with Crippen LogP contribution in [-0.2, 0) is 6.54 Å². The summed E-state index contributed by atoms with van der Waals surface area (Å²) in [4.78, 5) is 4.00. The SMILES string of the molecule is Cc1ncccc1CNCC(O)C(F)(F)F. The molecule has 0 aliphatic rings. The van der Waals surface area contributed by atoms with Gasteiger partial charge in [0.25, 0.3) is 0 Å². The minimum absolute atomic E-state index is 0.257. The van der Waals surface area contributed by atoms with Crippen molar-refractivity contribution in [3.8, 4) is 0 Å². The van der Waals surface area contributed by atoms with Crippen molar-refractivity contribution in [2.24, 2.45) is 0 Å². The largest absolute Gasteiger partial charge is 0.415 e. The number of alkyl halides is 3. The summed E-state index contributed by atoms with van der Waals surface area (Å²) in [5, 5.41) is 11.3. The lowest BCUT2D eigenvalue weighted by Crippen LogP contribution is -2.38. The fraction of sp³-hybridized carbons (Fsp3) is 0.500. The van der Waals surface area contributed by atoms with Gasteiger partial charge in [0.2, 0.25) is 0 Å². The van der Waals surface area contributed by atoms with E-state index in [1.165, 1.54) is 0 Å². The Balaban J connectivity index is 2.40. The van der Waals surface area contributed by atoms with Gasteiger partial charge in [0.05, 0.1) is 0 Å². The summed E-state index contributed by atoms with van der Waals surface area (Å²) in [5.74, 6) is 0. The van der Waals surface area contributed by atoms with Gasteiger partial charge in [-0.2, -0.15) is 13.2 Å². The number of aliphatic hydroxyl groups is 1. The number of pyridine rings is 1. The van der Waals surface area contributed by atoms with E-state index in [0.717, 1.165) is 11.3 Å². The van der Waals surface area contributed by atoms with E-state index in [1.807, 2.05) is 0 Å². The summed E-state index contributed by atoms with van der Waals surface area (Å²) in [5.41, 5.74) is 1.58. The van der Waals surface area contributed by atoms with Crippen LogP contribution in [0.5, 0.6) is 0 Å². The molecule has 2 N–H and O–H groups in total. The summed E-state index contributed by atoms with van der Waals surface area (Å²) < 4.78 is 35.9. The van der Waals surface area contributed by atoms with Crippen molar-refractivity contribution in [2.45, 2.75) is 25.7 Å². The smallest absolute Gasteiger partial charge is 0.382 e. The van der Waals surface area contributed by atoms with Crippen molar-refractivity contribution in [1.82, 2.24) is 10.3 Å². The predicted octanol–water partition coefficient (Wildman–Crippen LogP) is 1.40. The average Bonchev–Trinajstić information content (AvgIpc) is 2.19.